The fourth-order valence-corrected chi connectivity index (χ4v) is 2.26. The number of esters is 1. The molecule has 1 rings (SSSR count). The molecule has 0 saturated carbocycles. The Kier molecular flexibility index (Phi) is 6.16. The van der Waals surface area contributed by atoms with Crippen LogP contribution in [-0.4, -0.2) is 37.1 Å². The molecule has 1 fully saturated rings. The van der Waals surface area contributed by atoms with E-state index in [0.29, 0.717) is 12.5 Å². The minimum absolute atomic E-state index is 0.160. The van der Waals surface area contributed by atoms with Crippen molar-refractivity contribution in [3.05, 3.63) is 12.2 Å². The Hall–Kier alpha value is -0.830. The van der Waals surface area contributed by atoms with Crippen LogP contribution in [0.15, 0.2) is 12.2 Å². The van der Waals surface area contributed by atoms with Crippen LogP contribution < -0.4 is 0 Å². The molecular formula is C13H23NO2. The van der Waals surface area contributed by atoms with Crippen molar-refractivity contribution < 1.29 is 9.53 Å². The van der Waals surface area contributed by atoms with Crippen molar-refractivity contribution in [3.63, 3.8) is 0 Å². The third-order valence-electron chi connectivity index (χ3n) is 3.24. The monoisotopic (exact) mass is 225 g/mol. The molecule has 3 heteroatoms. The van der Waals surface area contributed by atoms with E-state index in [0.717, 1.165) is 13.0 Å². The molecule has 0 radical (unpaired) electrons. The summed E-state index contributed by atoms with van der Waals surface area (Å²) in [6.07, 6.45) is 9.46. The predicted molar refractivity (Wildman–Crippen MR) is 65.3 cm³/mol. The molecule has 1 saturated heterocycles. The van der Waals surface area contributed by atoms with E-state index in [2.05, 4.69) is 22.6 Å². The summed E-state index contributed by atoms with van der Waals surface area (Å²) < 4.78 is 4.58. The first kappa shape index (κ1) is 13.2. The van der Waals surface area contributed by atoms with Gasteiger partial charge in [0.25, 0.3) is 0 Å². The molecular weight excluding hydrogens is 202 g/mol. The second-order valence-electron chi connectivity index (χ2n) is 4.27. The summed E-state index contributed by atoms with van der Waals surface area (Å²) >= 11 is 0. The van der Waals surface area contributed by atoms with Gasteiger partial charge in [0.1, 0.15) is 0 Å². The quantitative estimate of drug-likeness (QED) is 0.531. The van der Waals surface area contributed by atoms with Gasteiger partial charge in [-0.2, -0.15) is 0 Å². The molecule has 0 spiro atoms. The van der Waals surface area contributed by atoms with Gasteiger partial charge < -0.3 is 9.64 Å². The van der Waals surface area contributed by atoms with Gasteiger partial charge in [0, 0.05) is 6.04 Å². The Bertz CT molecular complexity index is 238. The van der Waals surface area contributed by atoms with E-state index >= 15 is 0 Å². The van der Waals surface area contributed by atoms with Crippen LogP contribution in [0.2, 0.25) is 0 Å². The molecule has 1 heterocycles. The minimum atomic E-state index is -0.160. The third kappa shape index (κ3) is 4.35. The molecule has 16 heavy (non-hydrogen) atoms. The zero-order chi connectivity index (χ0) is 11.8. The lowest BCUT2D eigenvalue weighted by Crippen LogP contribution is -2.38. The number of likely N-dealkylation sites (tertiary alicyclic amines) is 1. The van der Waals surface area contributed by atoms with Gasteiger partial charge >= 0.3 is 5.97 Å². The van der Waals surface area contributed by atoms with E-state index < -0.39 is 0 Å². The largest absolute Gasteiger partial charge is 0.469 e. The van der Waals surface area contributed by atoms with E-state index in [4.69, 9.17) is 0 Å². The summed E-state index contributed by atoms with van der Waals surface area (Å²) in [5.74, 6) is -0.160. The standard InChI is InChI=1S/C13H23NO2/c1-3-14-11-7-6-9-12(14)8-4-5-10-13(15)16-2/h4-5,12H,3,6-11H2,1-2H3/b5-4-. The maximum atomic E-state index is 10.9. The molecule has 0 aromatic rings. The van der Waals surface area contributed by atoms with Crippen molar-refractivity contribution in [1.82, 2.24) is 4.90 Å². The van der Waals surface area contributed by atoms with E-state index in [-0.39, 0.29) is 5.97 Å². The molecule has 0 aliphatic carbocycles. The number of nitrogens with zero attached hydrogens (tertiary/aromatic N) is 1. The number of hydrogen-bond acceptors (Lipinski definition) is 3. The van der Waals surface area contributed by atoms with Crippen molar-refractivity contribution in [2.75, 3.05) is 20.2 Å². The zero-order valence-electron chi connectivity index (χ0n) is 10.4. The fraction of sp³-hybridized carbons (Fsp3) is 0.769. The smallest absolute Gasteiger partial charge is 0.309 e. The normalized spacial score (nSPS) is 22.5. The molecule has 3 nitrogen and oxygen atoms in total. The van der Waals surface area contributed by atoms with Gasteiger partial charge in [-0.05, 0) is 32.4 Å². The highest BCUT2D eigenvalue weighted by molar-refractivity contribution is 5.70. The van der Waals surface area contributed by atoms with Crippen LogP contribution in [0.5, 0.6) is 0 Å². The summed E-state index contributed by atoms with van der Waals surface area (Å²) in [4.78, 5) is 13.4. The number of carbonyl (C=O) groups excluding carboxylic acids is 1. The van der Waals surface area contributed by atoms with Crippen molar-refractivity contribution >= 4 is 5.97 Å². The first-order chi connectivity index (χ1) is 7.77. The SMILES string of the molecule is CCN1CCCCC1C/C=C\CC(=O)OC. The molecule has 0 amide bonds. The van der Waals surface area contributed by atoms with E-state index in [9.17, 15) is 4.79 Å². The highest BCUT2D eigenvalue weighted by atomic mass is 16.5. The van der Waals surface area contributed by atoms with E-state index in [1.54, 1.807) is 0 Å². The second kappa shape index (κ2) is 7.44. The Balaban J connectivity index is 2.26. The summed E-state index contributed by atoms with van der Waals surface area (Å²) in [6.45, 7) is 4.58. The average molecular weight is 225 g/mol. The van der Waals surface area contributed by atoms with E-state index in [1.165, 1.54) is 32.9 Å². The summed E-state index contributed by atoms with van der Waals surface area (Å²) in [7, 11) is 1.43. The molecule has 0 bridgehead atoms. The van der Waals surface area contributed by atoms with Crippen LogP contribution in [0, 0.1) is 0 Å². The summed E-state index contributed by atoms with van der Waals surface area (Å²) in [5, 5.41) is 0. The molecule has 1 aliphatic rings. The van der Waals surface area contributed by atoms with Crippen molar-refractivity contribution in [2.45, 2.75) is 45.1 Å². The topological polar surface area (TPSA) is 29.5 Å². The Morgan fingerprint density at radius 3 is 2.94 bits per heavy atom. The Labute approximate surface area is 98.5 Å². The van der Waals surface area contributed by atoms with Gasteiger partial charge in [-0.25, -0.2) is 0 Å². The van der Waals surface area contributed by atoms with E-state index in [1.807, 2.05) is 6.08 Å². The molecule has 1 aliphatic heterocycles. The molecule has 1 unspecified atom stereocenters. The number of methoxy groups -OCH3 is 1. The summed E-state index contributed by atoms with van der Waals surface area (Å²) in [6, 6.07) is 0.674. The Morgan fingerprint density at radius 1 is 1.44 bits per heavy atom. The fourth-order valence-electron chi connectivity index (χ4n) is 2.26. The van der Waals surface area contributed by atoms with Crippen LogP contribution in [0.4, 0.5) is 0 Å². The maximum absolute atomic E-state index is 10.9. The van der Waals surface area contributed by atoms with Gasteiger partial charge in [-0.3, -0.25) is 4.79 Å². The van der Waals surface area contributed by atoms with Gasteiger partial charge in [-0.1, -0.05) is 25.5 Å². The molecule has 92 valence electrons. The zero-order valence-corrected chi connectivity index (χ0v) is 10.4. The molecule has 0 N–H and O–H groups in total. The summed E-state index contributed by atoms with van der Waals surface area (Å²) in [5.41, 5.74) is 0. The highest BCUT2D eigenvalue weighted by Gasteiger charge is 2.19. The minimum Gasteiger partial charge on any atom is -0.469 e. The number of rotatable bonds is 5. The molecule has 1 atom stereocenters. The van der Waals surface area contributed by atoms with Crippen LogP contribution >= 0.6 is 0 Å². The lowest BCUT2D eigenvalue weighted by Gasteiger charge is -2.34. The van der Waals surface area contributed by atoms with Crippen LogP contribution in [0.3, 0.4) is 0 Å². The lowest BCUT2D eigenvalue weighted by molar-refractivity contribution is -0.139. The van der Waals surface area contributed by atoms with Gasteiger partial charge in [0.05, 0.1) is 13.5 Å². The predicted octanol–water partition coefficient (Wildman–Crippen LogP) is 2.37. The van der Waals surface area contributed by atoms with Crippen LogP contribution in [0.1, 0.15) is 39.0 Å². The first-order valence-corrected chi connectivity index (χ1v) is 6.23. The average Bonchev–Trinajstić information content (AvgIpc) is 2.34. The van der Waals surface area contributed by atoms with Crippen LogP contribution in [0.25, 0.3) is 0 Å². The number of carbonyl (C=O) groups is 1. The third-order valence-corrected chi connectivity index (χ3v) is 3.24. The number of hydrogen-bond donors (Lipinski definition) is 0. The molecule has 0 aromatic carbocycles. The van der Waals surface area contributed by atoms with Crippen molar-refractivity contribution in [1.29, 1.82) is 0 Å². The van der Waals surface area contributed by atoms with Gasteiger partial charge in [-0.15, -0.1) is 0 Å². The number of ether oxygens (including phenoxy) is 1. The first-order valence-electron chi connectivity index (χ1n) is 6.23. The molecule has 0 aromatic heterocycles. The highest BCUT2D eigenvalue weighted by Crippen LogP contribution is 2.19. The van der Waals surface area contributed by atoms with Crippen LogP contribution in [-0.2, 0) is 9.53 Å². The maximum Gasteiger partial charge on any atom is 0.309 e. The number of piperidine rings is 1. The van der Waals surface area contributed by atoms with Gasteiger partial charge in [0.2, 0.25) is 0 Å². The second-order valence-corrected chi connectivity index (χ2v) is 4.27. The van der Waals surface area contributed by atoms with Gasteiger partial charge in [0.15, 0.2) is 0 Å². The Morgan fingerprint density at radius 2 is 2.25 bits per heavy atom. The van der Waals surface area contributed by atoms with Crippen molar-refractivity contribution in [2.24, 2.45) is 0 Å². The lowest BCUT2D eigenvalue weighted by atomic mass is 9.99. The van der Waals surface area contributed by atoms with Crippen molar-refractivity contribution in [3.8, 4) is 0 Å².